The zero-order valence-corrected chi connectivity index (χ0v) is 18.4. The zero-order valence-electron chi connectivity index (χ0n) is 15.4. The molecule has 1 N–H and O–H groups in total. The first kappa shape index (κ1) is 23.3. The number of carbonyl (C=O) groups is 2. The van der Waals surface area contributed by atoms with Gasteiger partial charge in [-0.05, 0) is 71.9 Å². The predicted molar refractivity (Wildman–Crippen MR) is 105 cm³/mol. The van der Waals surface area contributed by atoms with Gasteiger partial charge in [-0.15, -0.1) is 0 Å². The van der Waals surface area contributed by atoms with Crippen LogP contribution in [0.4, 0.5) is 13.2 Å². The highest BCUT2D eigenvalue weighted by Gasteiger charge is 2.46. The second-order valence-corrected chi connectivity index (χ2v) is 10.2. The van der Waals surface area contributed by atoms with Gasteiger partial charge in [0.1, 0.15) is 11.5 Å². The summed E-state index contributed by atoms with van der Waals surface area (Å²) in [6.07, 6.45) is -4.47. The van der Waals surface area contributed by atoms with E-state index in [2.05, 4.69) is 4.74 Å². The van der Waals surface area contributed by atoms with Crippen molar-refractivity contribution >= 4 is 44.6 Å². The molecule has 4 unspecified atom stereocenters. The number of carbonyl (C=O) groups excluding carboxylic acids is 2. The Kier molecular flexibility index (Phi) is 6.68. The summed E-state index contributed by atoms with van der Waals surface area (Å²) in [5, 5.41) is 0. The van der Waals surface area contributed by atoms with Gasteiger partial charge >= 0.3 is 18.1 Å². The number of alkyl halides is 3. The SMILES string of the molecule is O=C(OC(CS(=O)(=O)O)C(F)(F)F)c1ccc(I)c(OC(=O)C2CC3CCC2C3)c1. The van der Waals surface area contributed by atoms with Crippen LogP contribution < -0.4 is 4.74 Å². The average Bonchev–Trinajstić information content (AvgIpc) is 3.24. The number of hydrogen-bond donors (Lipinski definition) is 1. The van der Waals surface area contributed by atoms with E-state index in [1.54, 1.807) is 0 Å². The number of esters is 2. The van der Waals surface area contributed by atoms with E-state index in [4.69, 9.17) is 9.29 Å². The van der Waals surface area contributed by atoms with Crippen LogP contribution in [0.5, 0.6) is 5.75 Å². The van der Waals surface area contributed by atoms with Crippen molar-refractivity contribution in [2.75, 3.05) is 5.75 Å². The van der Waals surface area contributed by atoms with Gasteiger partial charge < -0.3 is 9.47 Å². The quantitative estimate of drug-likeness (QED) is 0.245. The molecule has 0 radical (unpaired) electrons. The Morgan fingerprint density at radius 1 is 1.23 bits per heavy atom. The summed E-state index contributed by atoms with van der Waals surface area (Å²) in [7, 11) is -5.05. The Hall–Kier alpha value is -1.41. The molecule has 1 aromatic carbocycles. The molecule has 0 heterocycles. The Morgan fingerprint density at radius 3 is 2.47 bits per heavy atom. The molecular formula is C18H18F3IO7S. The minimum atomic E-state index is -5.20. The van der Waals surface area contributed by atoms with Gasteiger partial charge in [0.25, 0.3) is 10.1 Å². The first-order valence-electron chi connectivity index (χ1n) is 9.07. The van der Waals surface area contributed by atoms with Crippen LogP contribution in [0.15, 0.2) is 18.2 Å². The van der Waals surface area contributed by atoms with Crippen molar-refractivity contribution in [3.05, 3.63) is 27.3 Å². The van der Waals surface area contributed by atoms with Crippen LogP contribution in [0.25, 0.3) is 0 Å². The Morgan fingerprint density at radius 2 is 1.93 bits per heavy atom. The van der Waals surface area contributed by atoms with Crippen LogP contribution in [0.3, 0.4) is 0 Å². The van der Waals surface area contributed by atoms with E-state index in [0.717, 1.165) is 31.7 Å². The molecular weight excluding hydrogens is 544 g/mol. The van der Waals surface area contributed by atoms with Crippen LogP contribution >= 0.6 is 22.6 Å². The number of rotatable bonds is 6. The second-order valence-electron chi connectivity index (χ2n) is 7.53. The monoisotopic (exact) mass is 562 g/mol. The topological polar surface area (TPSA) is 107 Å². The summed E-state index contributed by atoms with van der Waals surface area (Å²) >= 11 is 1.85. The van der Waals surface area contributed by atoms with Crippen molar-refractivity contribution < 1.29 is 45.2 Å². The maximum absolute atomic E-state index is 13.0. The van der Waals surface area contributed by atoms with E-state index in [-0.39, 0.29) is 23.1 Å². The van der Waals surface area contributed by atoms with Gasteiger partial charge in [0.2, 0.25) is 6.10 Å². The first-order valence-corrected chi connectivity index (χ1v) is 11.8. The maximum atomic E-state index is 13.0. The second kappa shape index (κ2) is 8.61. The van der Waals surface area contributed by atoms with Crippen molar-refractivity contribution in [1.29, 1.82) is 0 Å². The zero-order chi connectivity index (χ0) is 22.3. The van der Waals surface area contributed by atoms with E-state index in [0.29, 0.717) is 9.49 Å². The van der Waals surface area contributed by atoms with Gasteiger partial charge in [-0.2, -0.15) is 21.6 Å². The van der Waals surface area contributed by atoms with Crippen LogP contribution in [-0.2, 0) is 19.6 Å². The summed E-state index contributed by atoms with van der Waals surface area (Å²) in [5.41, 5.74) is -0.351. The smallest absolute Gasteiger partial charge is 0.426 e. The standard InChI is InChI=1S/C18H18F3IO7S/c19-18(20,21)15(8-30(25,26)27)29-16(23)11-3-4-13(22)14(7-11)28-17(24)12-6-9-1-2-10(12)5-9/h3-4,7,9-10,12,15H,1-2,5-6,8H2,(H,25,26,27). The molecule has 4 atom stereocenters. The van der Waals surface area contributed by atoms with E-state index in [1.165, 1.54) is 12.1 Å². The lowest BCUT2D eigenvalue weighted by Gasteiger charge is -2.21. The van der Waals surface area contributed by atoms with Crippen molar-refractivity contribution in [2.45, 2.75) is 38.0 Å². The molecule has 7 nitrogen and oxygen atoms in total. The third-order valence-electron chi connectivity index (χ3n) is 5.39. The molecule has 2 saturated carbocycles. The lowest BCUT2D eigenvalue weighted by molar-refractivity contribution is -0.197. The molecule has 2 aliphatic carbocycles. The molecule has 0 saturated heterocycles. The number of fused-ring (bicyclic) bond motifs is 2. The van der Waals surface area contributed by atoms with Gasteiger partial charge in [-0.3, -0.25) is 9.35 Å². The molecule has 0 aromatic heterocycles. The number of benzene rings is 1. The fraction of sp³-hybridized carbons (Fsp3) is 0.556. The molecule has 0 aliphatic heterocycles. The number of hydrogen-bond acceptors (Lipinski definition) is 6. The van der Waals surface area contributed by atoms with Gasteiger partial charge in [0, 0.05) is 0 Å². The largest absolute Gasteiger partial charge is 0.448 e. The predicted octanol–water partition coefficient (Wildman–Crippen LogP) is 3.61. The van der Waals surface area contributed by atoms with Crippen molar-refractivity contribution in [3.63, 3.8) is 0 Å². The van der Waals surface area contributed by atoms with Crippen molar-refractivity contribution in [1.82, 2.24) is 0 Å². The molecule has 2 fully saturated rings. The van der Waals surface area contributed by atoms with Crippen LogP contribution in [0.1, 0.15) is 36.0 Å². The third-order valence-corrected chi connectivity index (χ3v) is 7.01. The highest BCUT2D eigenvalue weighted by Crippen LogP contribution is 2.48. The van der Waals surface area contributed by atoms with E-state index < -0.39 is 40.1 Å². The molecule has 0 amide bonds. The summed E-state index contributed by atoms with van der Waals surface area (Å²) < 4.78 is 79.4. The molecule has 2 bridgehead atoms. The summed E-state index contributed by atoms with van der Waals surface area (Å²) in [6, 6.07) is 3.61. The fourth-order valence-corrected chi connectivity index (χ4v) is 5.10. The first-order chi connectivity index (χ1) is 13.8. The molecule has 30 heavy (non-hydrogen) atoms. The van der Waals surface area contributed by atoms with E-state index in [1.807, 2.05) is 22.6 Å². The van der Waals surface area contributed by atoms with E-state index in [9.17, 15) is 31.2 Å². The Balaban J connectivity index is 1.73. The number of ether oxygens (including phenoxy) is 2. The highest BCUT2D eigenvalue weighted by molar-refractivity contribution is 14.1. The maximum Gasteiger partial charge on any atom is 0.426 e. The summed E-state index contributed by atoms with van der Waals surface area (Å²) in [6.45, 7) is 0. The fourth-order valence-electron chi connectivity index (χ4n) is 4.01. The van der Waals surface area contributed by atoms with Crippen molar-refractivity contribution in [3.8, 4) is 5.75 Å². The minimum Gasteiger partial charge on any atom is -0.448 e. The molecule has 12 heteroatoms. The Bertz CT molecular complexity index is 948. The Labute approximate surface area is 184 Å². The van der Waals surface area contributed by atoms with Crippen LogP contribution in [0.2, 0.25) is 0 Å². The summed E-state index contributed by atoms with van der Waals surface area (Å²) in [4.78, 5) is 24.7. The summed E-state index contributed by atoms with van der Waals surface area (Å²) in [5.74, 6) is -3.18. The van der Waals surface area contributed by atoms with Gasteiger partial charge in [0.15, 0.2) is 0 Å². The normalized spacial score (nSPS) is 24.5. The molecule has 0 spiro atoms. The highest BCUT2D eigenvalue weighted by atomic mass is 127. The van der Waals surface area contributed by atoms with Crippen LogP contribution in [-0.4, -0.2) is 42.9 Å². The van der Waals surface area contributed by atoms with Gasteiger partial charge in [0.05, 0.1) is 15.1 Å². The number of halogens is 4. The van der Waals surface area contributed by atoms with Gasteiger partial charge in [-0.25, -0.2) is 4.79 Å². The molecule has 3 rings (SSSR count). The van der Waals surface area contributed by atoms with Crippen molar-refractivity contribution in [2.24, 2.45) is 17.8 Å². The molecule has 2 aliphatic rings. The molecule has 1 aromatic rings. The lowest BCUT2D eigenvalue weighted by atomic mass is 9.89. The third kappa shape index (κ3) is 5.63. The van der Waals surface area contributed by atoms with E-state index >= 15 is 0 Å². The lowest BCUT2D eigenvalue weighted by Crippen LogP contribution is -2.39. The average molecular weight is 562 g/mol. The minimum absolute atomic E-state index is 0.0103. The van der Waals surface area contributed by atoms with Gasteiger partial charge in [-0.1, -0.05) is 6.42 Å². The van der Waals surface area contributed by atoms with Crippen LogP contribution in [0, 0.1) is 21.3 Å². The molecule has 166 valence electrons.